The van der Waals surface area contributed by atoms with Crippen molar-refractivity contribution in [2.24, 2.45) is 0 Å². The number of carbonyl (C=O) groups is 2. The van der Waals surface area contributed by atoms with Crippen molar-refractivity contribution in [3.05, 3.63) is 106 Å². The molecule has 0 radical (unpaired) electrons. The molecule has 3 aromatic rings. The van der Waals surface area contributed by atoms with Crippen molar-refractivity contribution in [2.75, 3.05) is 12.3 Å². The van der Waals surface area contributed by atoms with Crippen molar-refractivity contribution in [1.29, 1.82) is 0 Å². The number of halogens is 2. The molecule has 1 N–H and O–H groups in total. The fourth-order valence-electron chi connectivity index (χ4n) is 3.94. The molecule has 0 unspecified atom stereocenters. The van der Waals surface area contributed by atoms with Crippen LogP contribution in [0.2, 0.25) is 5.02 Å². The minimum absolute atomic E-state index is 0.101. The van der Waals surface area contributed by atoms with Crippen LogP contribution in [-0.2, 0) is 28.3 Å². The Bertz CT molecular complexity index is 1140. The summed E-state index contributed by atoms with van der Waals surface area (Å²) in [5.41, 5.74) is 3.42. The van der Waals surface area contributed by atoms with E-state index in [4.69, 9.17) is 11.6 Å². The van der Waals surface area contributed by atoms with Crippen LogP contribution >= 0.6 is 23.4 Å². The van der Waals surface area contributed by atoms with E-state index < -0.39 is 6.04 Å². The van der Waals surface area contributed by atoms with Gasteiger partial charge in [0.2, 0.25) is 11.8 Å². The van der Waals surface area contributed by atoms with Crippen LogP contribution in [-0.4, -0.2) is 35.1 Å². The fourth-order valence-corrected chi connectivity index (χ4v) is 5.19. The van der Waals surface area contributed by atoms with Crippen LogP contribution < -0.4 is 5.32 Å². The Labute approximate surface area is 228 Å². The van der Waals surface area contributed by atoms with Gasteiger partial charge >= 0.3 is 0 Å². The lowest BCUT2D eigenvalue weighted by Gasteiger charge is -2.31. The molecular formula is C30H34ClFN2O2S. The van der Waals surface area contributed by atoms with E-state index in [-0.39, 0.29) is 29.1 Å². The van der Waals surface area contributed by atoms with E-state index >= 15 is 0 Å². The van der Waals surface area contributed by atoms with Crippen LogP contribution in [0.1, 0.15) is 42.0 Å². The average Bonchev–Trinajstić information content (AvgIpc) is 2.89. The molecule has 7 heteroatoms. The molecule has 0 heterocycles. The summed E-state index contributed by atoms with van der Waals surface area (Å²) in [5.74, 6) is -0.364. The number of rotatable bonds is 13. The molecule has 4 nitrogen and oxygen atoms in total. The predicted octanol–water partition coefficient (Wildman–Crippen LogP) is 6.58. The molecule has 0 aromatic heterocycles. The van der Waals surface area contributed by atoms with Gasteiger partial charge in [-0.05, 0) is 36.6 Å². The Morgan fingerprint density at radius 2 is 1.73 bits per heavy atom. The Morgan fingerprint density at radius 1 is 1.00 bits per heavy atom. The summed E-state index contributed by atoms with van der Waals surface area (Å²) < 4.78 is 14.2. The highest BCUT2D eigenvalue weighted by molar-refractivity contribution is 7.99. The number of thioether (sulfide) groups is 1. The molecule has 0 spiro atoms. The van der Waals surface area contributed by atoms with Gasteiger partial charge in [-0.1, -0.05) is 91.2 Å². The van der Waals surface area contributed by atoms with Crippen LogP contribution in [0.15, 0.2) is 72.8 Å². The molecule has 0 fully saturated rings. The van der Waals surface area contributed by atoms with Gasteiger partial charge in [0.25, 0.3) is 0 Å². The second-order valence-corrected chi connectivity index (χ2v) is 10.4. The summed E-state index contributed by atoms with van der Waals surface area (Å²) in [6.07, 6.45) is 2.24. The van der Waals surface area contributed by atoms with Crippen molar-refractivity contribution >= 4 is 35.2 Å². The number of benzene rings is 3. The maximum absolute atomic E-state index is 14.2. The Balaban J connectivity index is 1.84. The van der Waals surface area contributed by atoms with E-state index in [0.717, 1.165) is 29.5 Å². The molecule has 3 aromatic carbocycles. The zero-order valence-corrected chi connectivity index (χ0v) is 23.0. The van der Waals surface area contributed by atoms with Gasteiger partial charge in [-0.2, -0.15) is 0 Å². The summed E-state index contributed by atoms with van der Waals surface area (Å²) >= 11 is 7.46. The lowest BCUT2D eigenvalue weighted by atomic mass is 10.0. The first-order valence-corrected chi connectivity index (χ1v) is 14.1. The molecular weight excluding hydrogens is 507 g/mol. The number of hydrogen-bond acceptors (Lipinski definition) is 3. The van der Waals surface area contributed by atoms with Gasteiger partial charge in [0, 0.05) is 35.8 Å². The number of hydrogen-bond donors (Lipinski definition) is 1. The molecule has 196 valence electrons. The molecule has 1 atom stereocenters. The van der Waals surface area contributed by atoms with E-state index in [9.17, 15) is 14.0 Å². The largest absolute Gasteiger partial charge is 0.354 e. The number of nitrogens with one attached hydrogen (secondary N) is 1. The average molecular weight is 541 g/mol. The summed E-state index contributed by atoms with van der Waals surface area (Å²) in [7, 11) is 0. The lowest BCUT2D eigenvalue weighted by molar-refractivity contribution is -0.139. The third-order valence-corrected chi connectivity index (χ3v) is 7.41. The van der Waals surface area contributed by atoms with E-state index in [1.54, 1.807) is 17.0 Å². The maximum atomic E-state index is 14.2. The van der Waals surface area contributed by atoms with Crippen LogP contribution in [0.5, 0.6) is 0 Å². The predicted molar refractivity (Wildman–Crippen MR) is 151 cm³/mol. The highest BCUT2D eigenvalue weighted by Crippen LogP contribution is 2.25. The topological polar surface area (TPSA) is 49.4 Å². The van der Waals surface area contributed by atoms with Gasteiger partial charge in [0.1, 0.15) is 11.9 Å². The van der Waals surface area contributed by atoms with Gasteiger partial charge in [0.05, 0.1) is 5.75 Å². The number of amides is 2. The molecule has 0 aliphatic carbocycles. The first kappa shape index (κ1) is 28.7. The monoisotopic (exact) mass is 540 g/mol. The zero-order chi connectivity index (χ0) is 26.6. The first-order chi connectivity index (χ1) is 17.9. The Hall–Kier alpha value is -2.83. The van der Waals surface area contributed by atoms with E-state index in [1.165, 1.54) is 17.8 Å². The van der Waals surface area contributed by atoms with E-state index in [1.807, 2.05) is 61.5 Å². The van der Waals surface area contributed by atoms with Crippen molar-refractivity contribution in [3.63, 3.8) is 0 Å². The fraction of sp³-hybridized carbons (Fsp3) is 0.333. The SMILES string of the molecule is CCCCNC(=O)[C@@H](Cc1ccccc1)N(Cc1ccc(C)cc1)C(=O)CSCc1c(F)cccc1Cl. The number of aryl methyl sites for hydroxylation is 1. The molecule has 0 saturated heterocycles. The second-order valence-electron chi connectivity index (χ2n) is 9.05. The maximum Gasteiger partial charge on any atom is 0.243 e. The summed E-state index contributed by atoms with van der Waals surface area (Å²) in [5, 5.41) is 3.37. The van der Waals surface area contributed by atoms with Crippen molar-refractivity contribution in [2.45, 2.75) is 51.4 Å². The van der Waals surface area contributed by atoms with Crippen LogP contribution in [0, 0.1) is 12.7 Å². The second kappa shape index (κ2) is 14.8. The van der Waals surface area contributed by atoms with Gasteiger partial charge < -0.3 is 10.2 Å². The molecule has 0 aliphatic heterocycles. The molecule has 37 heavy (non-hydrogen) atoms. The zero-order valence-electron chi connectivity index (χ0n) is 21.4. The van der Waals surface area contributed by atoms with Gasteiger partial charge in [-0.25, -0.2) is 4.39 Å². The minimum Gasteiger partial charge on any atom is -0.354 e. The molecule has 3 rings (SSSR count). The van der Waals surface area contributed by atoms with Crippen LogP contribution in [0.3, 0.4) is 0 Å². The minimum atomic E-state index is -0.675. The molecule has 0 aliphatic rings. The third kappa shape index (κ3) is 8.90. The molecule has 0 saturated carbocycles. The smallest absolute Gasteiger partial charge is 0.243 e. The Morgan fingerprint density at radius 3 is 2.41 bits per heavy atom. The number of nitrogens with zero attached hydrogens (tertiary/aromatic N) is 1. The van der Waals surface area contributed by atoms with E-state index in [0.29, 0.717) is 30.1 Å². The van der Waals surface area contributed by atoms with Crippen molar-refractivity contribution < 1.29 is 14.0 Å². The standard InChI is InChI=1S/C30H34ClFN2O2S/c1-3-4-17-33-30(36)28(18-23-9-6-5-7-10-23)34(19-24-15-13-22(2)14-16-24)29(35)21-37-20-25-26(31)11-8-12-27(25)32/h5-16,28H,3-4,17-21H2,1-2H3,(H,33,36)/t28-/m1/s1. The highest BCUT2D eigenvalue weighted by Gasteiger charge is 2.30. The number of carbonyl (C=O) groups excluding carboxylic acids is 2. The van der Waals surface area contributed by atoms with Gasteiger partial charge in [0.15, 0.2) is 0 Å². The molecule has 2 amide bonds. The lowest BCUT2D eigenvalue weighted by Crippen LogP contribution is -2.51. The molecule has 0 bridgehead atoms. The van der Waals surface area contributed by atoms with E-state index in [2.05, 4.69) is 12.2 Å². The summed E-state index contributed by atoms with van der Waals surface area (Å²) in [4.78, 5) is 28.7. The van der Waals surface area contributed by atoms with Gasteiger partial charge in [-0.15, -0.1) is 11.8 Å². The van der Waals surface area contributed by atoms with Crippen molar-refractivity contribution in [1.82, 2.24) is 10.2 Å². The Kier molecular flexibility index (Phi) is 11.5. The van der Waals surface area contributed by atoms with Crippen LogP contribution in [0.25, 0.3) is 0 Å². The summed E-state index contributed by atoms with van der Waals surface area (Å²) in [6.45, 7) is 4.95. The number of unbranched alkanes of at least 4 members (excludes halogenated alkanes) is 1. The quantitative estimate of drug-likeness (QED) is 0.249. The normalized spacial score (nSPS) is 11.7. The van der Waals surface area contributed by atoms with Crippen LogP contribution in [0.4, 0.5) is 4.39 Å². The van der Waals surface area contributed by atoms with Gasteiger partial charge in [-0.3, -0.25) is 9.59 Å². The third-order valence-electron chi connectivity index (χ3n) is 6.11. The first-order valence-electron chi connectivity index (χ1n) is 12.6. The van der Waals surface area contributed by atoms with Crippen molar-refractivity contribution in [3.8, 4) is 0 Å². The highest BCUT2D eigenvalue weighted by atomic mass is 35.5. The summed E-state index contributed by atoms with van der Waals surface area (Å²) in [6, 6.07) is 21.6.